The minimum absolute atomic E-state index is 0.0271. The fourth-order valence-electron chi connectivity index (χ4n) is 2.96. The number of benzene rings is 1. The summed E-state index contributed by atoms with van der Waals surface area (Å²) in [6, 6.07) is 5.14. The van der Waals surface area contributed by atoms with E-state index in [9.17, 15) is 10.1 Å². The lowest BCUT2D eigenvalue weighted by atomic mass is 10.1. The summed E-state index contributed by atoms with van der Waals surface area (Å²) in [5.74, 6) is 6.06. The Kier molecular flexibility index (Phi) is 4.92. The predicted octanol–water partition coefficient (Wildman–Crippen LogP) is 2.50. The van der Waals surface area contributed by atoms with Gasteiger partial charge in [-0.1, -0.05) is 18.9 Å². The zero-order valence-electron chi connectivity index (χ0n) is 11.8. The topological polar surface area (TPSA) is 84.4 Å². The summed E-state index contributed by atoms with van der Waals surface area (Å²) >= 11 is 0. The lowest BCUT2D eigenvalue weighted by Gasteiger charge is -2.20. The molecule has 20 heavy (non-hydrogen) atoms. The van der Waals surface area contributed by atoms with E-state index in [4.69, 9.17) is 5.84 Å². The van der Waals surface area contributed by atoms with Gasteiger partial charge in [0, 0.05) is 19.2 Å². The molecule has 0 heterocycles. The van der Waals surface area contributed by atoms with Gasteiger partial charge in [0.2, 0.25) is 0 Å². The molecule has 3 N–H and O–H groups in total. The molecule has 0 spiro atoms. The highest BCUT2D eigenvalue weighted by Crippen LogP contribution is 2.27. The molecule has 0 atom stereocenters. The normalized spacial score (nSPS) is 15.8. The van der Waals surface area contributed by atoms with Gasteiger partial charge in [-0.15, -0.1) is 0 Å². The first kappa shape index (κ1) is 14.7. The van der Waals surface area contributed by atoms with Crippen molar-refractivity contribution in [3.8, 4) is 0 Å². The van der Waals surface area contributed by atoms with Crippen LogP contribution in [0.4, 0.5) is 11.4 Å². The summed E-state index contributed by atoms with van der Waals surface area (Å²) in [6.07, 6.45) is 5.28. The summed E-state index contributed by atoms with van der Waals surface area (Å²) < 4.78 is 0. The van der Waals surface area contributed by atoms with E-state index in [0.29, 0.717) is 5.69 Å². The molecule has 1 aromatic carbocycles. The SMILES string of the molecule is CN(Cc1ccc(NN)c([N+](=O)[O-])c1)CC1CCCC1. The van der Waals surface area contributed by atoms with Crippen molar-refractivity contribution >= 4 is 11.4 Å². The van der Waals surface area contributed by atoms with Crippen LogP contribution in [-0.2, 0) is 6.54 Å². The number of nitrogens with one attached hydrogen (secondary N) is 1. The summed E-state index contributed by atoms with van der Waals surface area (Å²) in [4.78, 5) is 12.8. The molecule has 0 saturated heterocycles. The lowest BCUT2D eigenvalue weighted by Crippen LogP contribution is -2.24. The molecule has 1 aliphatic rings. The van der Waals surface area contributed by atoms with Crippen molar-refractivity contribution in [3.63, 3.8) is 0 Å². The van der Waals surface area contributed by atoms with E-state index in [1.807, 2.05) is 6.07 Å². The second kappa shape index (κ2) is 6.67. The van der Waals surface area contributed by atoms with Gasteiger partial charge in [-0.3, -0.25) is 16.0 Å². The van der Waals surface area contributed by atoms with Gasteiger partial charge in [0.05, 0.1) is 4.92 Å². The fraction of sp³-hybridized carbons (Fsp3) is 0.571. The van der Waals surface area contributed by atoms with Gasteiger partial charge >= 0.3 is 0 Å². The molecule has 0 bridgehead atoms. The highest BCUT2D eigenvalue weighted by molar-refractivity contribution is 5.61. The summed E-state index contributed by atoms with van der Waals surface area (Å²) in [6.45, 7) is 1.78. The van der Waals surface area contributed by atoms with Crippen LogP contribution >= 0.6 is 0 Å². The Hall–Kier alpha value is -1.66. The van der Waals surface area contributed by atoms with Crippen LogP contribution < -0.4 is 11.3 Å². The first-order chi connectivity index (χ1) is 9.60. The van der Waals surface area contributed by atoms with Gasteiger partial charge in [-0.2, -0.15) is 0 Å². The van der Waals surface area contributed by atoms with Crippen LogP contribution in [-0.4, -0.2) is 23.4 Å². The largest absolute Gasteiger partial charge is 0.318 e. The van der Waals surface area contributed by atoms with E-state index < -0.39 is 4.92 Å². The van der Waals surface area contributed by atoms with Gasteiger partial charge in [0.1, 0.15) is 5.69 Å². The van der Waals surface area contributed by atoms with Crippen molar-refractivity contribution in [2.24, 2.45) is 11.8 Å². The van der Waals surface area contributed by atoms with Crippen molar-refractivity contribution in [3.05, 3.63) is 33.9 Å². The number of nitro benzene ring substituents is 1. The van der Waals surface area contributed by atoms with Crippen LogP contribution in [0.5, 0.6) is 0 Å². The Labute approximate surface area is 119 Å². The molecule has 6 nitrogen and oxygen atoms in total. The van der Waals surface area contributed by atoms with E-state index >= 15 is 0 Å². The van der Waals surface area contributed by atoms with E-state index in [2.05, 4.69) is 17.4 Å². The van der Waals surface area contributed by atoms with Crippen LogP contribution in [0, 0.1) is 16.0 Å². The smallest absolute Gasteiger partial charge is 0.293 e. The number of hydrogen-bond acceptors (Lipinski definition) is 5. The lowest BCUT2D eigenvalue weighted by molar-refractivity contribution is -0.384. The number of nitro groups is 1. The third-order valence-electron chi connectivity index (χ3n) is 3.91. The van der Waals surface area contributed by atoms with Gasteiger partial charge in [0.25, 0.3) is 5.69 Å². The molecule has 0 amide bonds. The monoisotopic (exact) mass is 278 g/mol. The zero-order valence-corrected chi connectivity index (χ0v) is 11.8. The van der Waals surface area contributed by atoms with Crippen LogP contribution in [0.15, 0.2) is 18.2 Å². The maximum absolute atomic E-state index is 11.0. The van der Waals surface area contributed by atoms with Crippen molar-refractivity contribution < 1.29 is 4.92 Å². The second-order valence-corrected chi connectivity index (χ2v) is 5.60. The predicted molar refractivity (Wildman–Crippen MR) is 79.2 cm³/mol. The Morgan fingerprint density at radius 2 is 2.15 bits per heavy atom. The Morgan fingerprint density at radius 1 is 1.45 bits per heavy atom. The van der Waals surface area contributed by atoms with Crippen LogP contribution in [0.25, 0.3) is 0 Å². The number of anilines is 1. The van der Waals surface area contributed by atoms with Crippen molar-refractivity contribution in [2.75, 3.05) is 19.0 Å². The van der Waals surface area contributed by atoms with Crippen molar-refractivity contribution in [1.29, 1.82) is 0 Å². The number of nitrogens with zero attached hydrogens (tertiary/aromatic N) is 2. The van der Waals surface area contributed by atoms with E-state index in [1.165, 1.54) is 25.7 Å². The molecule has 1 aromatic rings. The number of nitrogens with two attached hydrogens (primary N) is 1. The second-order valence-electron chi connectivity index (χ2n) is 5.60. The van der Waals surface area contributed by atoms with Crippen LogP contribution in [0.1, 0.15) is 31.2 Å². The number of hydrazine groups is 1. The third kappa shape index (κ3) is 3.68. The Morgan fingerprint density at radius 3 is 2.75 bits per heavy atom. The summed E-state index contributed by atoms with van der Waals surface area (Å²) in [7, 11) is 2.07. The standard InChI is InChI=1S/C14H22N4O2/c1-17(9-11-4-2-3-5-11)10-12-6-7-13(16-15)14(8-12)18(19)20/h6-8,11,16H,2-5,9-10,15H2,1H3. The van der Waals surface area contributed by atoms with E-state index in [0.717, 1.165) is 24.6 Å². The minimum Gasteiger partial charge on any atom is -0.318 e. The average Bonchev–Trinajstić information content (AvgIpc) is 2.91. The first-order valence-electron chi connectivity index (χ1n) is 7.02. The average molecular weight is 278 g/mol. The molecule has 0 radical (unpaired) electrons. The quantitative estimate of drug-likeness (QED) is 0.474. The maximum Gasteiger partial charge on any atom is 0.293 e. The highest BCUT2D eigenvalue weighted by Gasteiger charge is 2.18. The van der Waals surface area contributed by atoms with E-state index in [1.54, 1.807) is 12.1 Å². The van der Waals surface area contributed by atoms with Crippen molar-refractivity contribution in [2.45, 2.75) is 32.2 Å². The summed E-state index contributed by atoms with van der Waals surface area (Å²) in [5.41, 5.74) is 3.67. The third-order valence-corrected chi connectivity index (χ3v) is 3.91. The molecule has 1 saturated carbocycles. The Bertz CT molecular complexity index is 472. The number of rotatable bonds is 6. The van der Waals surface area contributed by atoms with Gasteiger partial charge in [-0.25, -0.2) is 0 Å². The molecule has 1 fully saturated rings. The molecule has 2 rings (SSSR count). The molecular formula is C14H22N4O2. The molecule has 0 aliphatic heterocycles. The molecule has 1 aliphatic carbocycles. The van der Waals surface area contributed by atoms with Gasteiger partial charge < -0.3 is 10.3 Å². The summed E-state index contributed by atoms with van der Waals surface area (Å²) in [5, 5.41) is 11.0. The number of hydrogen-bond donors (Lipinski definition) is 2. The first-order valence-corrected chi connectivity index (χ1v) is 7.02. The Balaban J connectivity index is 2.01. The van der Waals surface area contributed by atoms with Crippen molar-refractivity contribution in [1.82, 2.24) is 4.90 Å². The number of nitrogen functional groups attached to an aromatic ring is 1. The van der Waals surface area contributed by atoms with Crippen LogP contribution in [0.2, 0.25) is 0 Å². The minimum atomic E-state index is -0.407. The molecule has 110 valence electrons. The maximum atomic E-state index is 11.0. The van der Waals surface area contributed by atoms with Gasteiger partial charge in [-0.05, 0) is 37.4 Å². The molecule has 0 unspecified atom stereocenters. The zero-order chi connectivity index (χ0) is 14.5. The molecule has 0 aromatic heterocycles. The molecular weight excluding hydrogens is 256 g/mol. The highest BCUT2D eigenvalue weighted by atomic mass is 16.6. The van der Waals surface area contributed by atoms with E-state index in [-0.39, 0.29) is 5.69 Å². The van der Waals surface area contributed by atoms with Gasteiger partial charge in [0.15, 0.2) is 0 Å². The fourth-order valence-corrected chi connectivity index (χ4v) is 2.96. The van der Waals surface area contributed by atoms with Crippen LogP contribution in [0.3, 0.4) is 0 Å². The molecule has 6 heteroatoms.